The second-order valence-corrected chi connectivity index (χ2v) is 4.94. The van der Waals surface area contributed by atoms with E-state index >= 15 is 0 Å². The van der Waals surface area contributed by atoms with Gasteiger partial charge in [0.05, 0.1) is 0 Å². The number of nitrogens with one attached hydrogen (secondary N) is 1. The highest BCUT2D eigenvalue weighted by Crippen LogP contribution is 1.97. The Morgan fingerprint density at radius 3 is 2.31 bits per heavy atom. The van der Waals surface area contributed by atoms with Crippen LogP contribution in [-0.4, -0.2) is 32.9 Å². The second-order valence-electron chi connectivity index (χ2n) is 3.07. The predicted octanol–water partition coefficient (Wildman–Crippen LogP) is 0.963. The van der Waals surface area contributed by atoms with Gasteiger partial charge in [0.1, 0.15) is 0 Å². The smallest absolute Gasteiger partial charge is 0.202 e. The fraction of sp³-hybridized carbons (Fsp3) is 1.00. The first-order valence-corrected chi connectivity index (χ1v) is 6.19. The summed E-state index contributed by atoms with van der Waals surface area (Å²) in [5.41, 5.74) is 0. The average molecular weight is 208 g/mol. The zero-order chi connectivity index (χ0) is 10.3. The van der Waals surface area contributed by atoms with Crippen molar-refractivity contribution < 1.29 is 8.42 Å². The lowest BCUT2D eigenvalue weighted by molar-refractivity contribution is 0.449. The summed E-state index contributed by atoms with van der Waals surface area (Å²) in [4.78, 5) is 0. The molecule has 0 aliphatic carbocycles. The maximum absolute atomic E-state index is 11.4. The van der Waals surface area contributed by atoms with Crippen molar-refractivity contribution in [1.82, 2.24) is 9.03 Å². The van der Waals surface area contributed by atoms with E-state index < -0.39 is 10.2 Å². The van der Waals surface area contributed by atoms with E-state index in [-0.39, 0.29) is 0 Å². The van der Waals surface area contributed by atoms with Gasteiger partial charge in [0, 0.05) is 20.1 Å². The van der Waals surface area contributed by atoms with Crippen molar-refractivity contribution in [3.05, 3.63) is 0 Å². The summed E-state index contributed by atoms with van der Waals surface area (Å²) >= 11 is 0. The van der Waals surface area contributed by atoms with Crippen molar-refractivity contribution >= 4 is 10.2 Å². The SMILES string of the molecule is CCCCN(C)S(=O)(=O)NCCC. The van der Waals surface area contributed by atoms with Crippen molar-refractivity contribution in [1.29, 1.82) is 0 Å². The number of rotatable bonds is 7. The number of unbranched alkanes of at least 4 members (excludes halogenated alkanes) is 1. The highest BCUT2D eigenvalue weighted by Gasteiger charge is 2.14. The molecule has 13 heavy (non-hydrogen) atoms. The van der Waals surface area contributed by atoms with Crippen molar-refractivity contribution in [2.45, 2.75) is 33.1 Å². The van der Waals surface area contributed by atoms with Crippen LogP contribution in [0.1, 0.15) is 33.1 Å². The number of nitrogens with zero attached hydrogens (tertiary/aromatic N) is 1. The molecule has 0 saturated heterocycles. The highest BCUT2D eigenvalue weighted by molar-refractivity contribution is 7.87. The third-order valence-corrected chi connectivity index (χ3v) is 3.34. The molecule has 0 atom stereocenters. The molecule has 5 heteroatoms. The summed E-state index contributed by atoms with van der Waals surface area (Å²) in [6.07, 6.45) is 2.73. The lowest BCUT2D eigenvalue weighted by Crippen LogP contribution is -2.38. The molecule has 0 aromatic rings. The molecule has 80 valence electrons. The molecule has 0 aromatic carbocycles. The largest absolute Gasteiger partial charge is 0.279 e. The summed E-state index contributed by atoms with van der Waals surface area (Å²) in [6, 6.07) is 0. The maximum atomic E-state index is 11.4. The van der Waals surface area contributed by atoms with Gasteiger partial charge >= 0.3 is 0 Å². The third kappa shape index (κ3) is 5.23. The Hall–Kier alpha value is -0.130. The van der Waals surface area contributed by atoms with E-state index in [1.807, 2.05) is 13.8 Å². The molecule has 4 nitrogen and oxygen atoms in total. The predicted molar refractivity (Wildman–Crippen MR) is 54.8 cm³/mol. The van der Waals surface area contributed by atoms with E-state index in [4.69, 9.17) is 0 Å². The molecular formula is C8H20N2O2S. The van der Waals surface area contributed by atoms with Gasteiger partial charge < -0.3 is 0 Å². The Kier molecular flexibility index (Phi) is 6.28. The first kappa shape index (κ1) is 12.9. The molecule has 0 spiro atoms. The normalized spacial score (nSPS) is 12.3. The van der Waals surface area contributed by atoms with Gasteiger partial charge in [0.25, 0.3) is 10.2 Å². The van der Waals surface area contributed by atoms with Crippen LogP contribution in [0.3, 0.4) is 0 Å². The van der Waals surface area contributed by atoms with Gasteiger partial charge in [-0.25, -0.2) is 4.72 Å². The van der Waals surface area contributed by atoms with Crippen LogP contribution in [0.5, 0.6) is 0 Å². The molecule has 1 N–H and O–H groups in total. The third-order valence-electron chi connectivity index (χ3n) is 1.77. The van der Waals surface area contributed by atoms with E-state index in [9.17, 15) is 8.42 Å². The summed E-state index contributed by atoms with van der Waals surface area (Å²) in [5, 5.41) is 0. The van der Waals surface area contributed by atoms with Crippen molar-refractivity contribution in [2.75, 3.05) is 20.1 Å². The van der Waals surface area contributed by atoms with Crippen molar-refractivity contribution in [3.63, 3.8) is 0 Å². The van der Waals surface area contributed by atoms with E-state index in [0.29, 0.717) is 13.1 Å². The zero-order valence-electron chi connectivity index (χ0n) is 8.71. The van der Waals surface area contributed by atoms with Crippen molar-refractivity contribution in [2.24, 2.45) is 0 Å². The zero-order valence-corrected chi connectivity index (χ0v) is 9.52. The van der Waals surface area contributed by atoms with Gasteiger partial charge in [-0.15, -0.1) is 0 Å². The van der Waals surface area contributed by atoms with Crippen molar-refractivity contribution in [3.8, 4) is 0 Å². The van der Waals surface area contributed by atoms with Gasteiger partial charge in [0.2, 0.25) is 0 Å². The summed E-state index contributed by atoms with van der Waals surface area (Å²) in [6.45, 7) is 5.09. The monoisotopic (exact) mass is 208 g/mol. The fourth-order valence-corrected chi connectivity index (χ4v) is 1.89. The maximum Gasteiger partial charge on any atom is 0.279 e. The Balaban J connectivity index is 3.96. The number of hydrogen-bond donors (Lipinski definition) is 1. The lowest BCUT2D eigenvalue weighted by Gasteiger charge is -2.16. The molecule has 0 aromatic heterocycles. The van der Waals surface area contributed by atoms with E-state index in [0.717, 1.165) is 19.3 Å². The summed E-state index contributed by atoms with van der Waals surface area (Å²) < 4.78 is 26.7. The Morgan fingerprint density at radius 2 is 1.85 bits per heavy atom. The van der Waals surface area contributed by atoms with Crippen LogP contribution in [-0.2, 0) is 10.2 Å². The first-order chi connectivity index (χ1) is 6.04. The molecule has 0 rings (SSSR count). The topological polar surface area (TPSA) is 49.4 Å². The fourth-order valence-electron chi connectivity index (χ4n) is 0.842. The standard InChI is InChI=1S/C8H20N2O2S/c1-4-6-8-10(3)13(11,12)9-7-5-2/h9H,4-8H2,1-3H3. The molecule has 0 fully saturated rings. The molecule has 0 radical (unpaired) electrons. The molecule has 0 unspecified atom stereocenters. The van der Waals surface area contributed by atoms with E-state index in [2.05, 4.69) is 4.72 Å². The lowest BCUT2D eigenvalue weighted by atomic mass is 10.3. The molecule has 0 aliphatic rings. The second kappa shape index (κ2) is 6.34. The molecule has 0 bridgehead atoms. The van der Waals surface area contributed by atoms with Gasteiger partial charge in [-0.3, -0.25) is 0 Å². The van der Waals surface area contributed by atoms with E-state index in [1.165, 1.54) is 4.31 Å². The minimum absolute atomic E-state index is 0.513. The quantitative estimate of drug-likeness (QED) is 0.677. The van der Waals surface area contributed by atoms with Crippen LogP contribution in [0.4, 0.5) is 0 Å². The van der Waals surface area contributed by atoms with Crippen LogP contribution < -0.4 is 4.72 Å². The van der Waals surface area contributed by atoms with Crippen LogP contribution in [0, 0.1) is 0 Å². The van der Waals surface area contributed by atoms with Gasteiger partial charge in [-0.1, -0.05) is 20.3 Å². The first-order valence-electron chi connectivity index (χ1n) is 4.75. The molecule has 0 aliphatic heterocycles. The Labute approximate surface area is 81.5 Å². The average Bonchev–Trinajstić information content (AvgIpc) is 2.10. The Bertz CT molecular complexity index is 214. The number of hydrogen-bond acceptors (Lipinski definition) is 2. The molecule has 0 amide bonds. The van der Waals surface area contributed by atoms with Gasteiger partial charge in [-0.05, 0) is 12.8 Å². The van der Waals surface area contributed by atoms with Crippen LogP contribution >= 0.6 is 0 Å². The van der Waals surface area contributed by atoms with Crippen LogP contribution in [0.2, 0.25) is 0 Å². The van der Waals surface area contributed by atoms with E-state index in [1.54, 1.807) is 7.05 Å². The Morgan fingerprint density at radius 1 is 1.23 bits per heavy atom. The van der Waals surface area contributed by atoms with Gasteiger partial charge in [0.15, 0.2) is 0 Å². The summed E-state index contributed by atoms with van der Waals surface area (Å²) in [5.74, 6) is 0. The molecule has 0 heterocycles. The minimum atomic E-state index is -3.21. The summed E-state index contributed by atoms with van der Waals surface area (Å²) in [7, 11) is -1.61. The molecular weight excluding hydrogens is 188 g/mol. The van der Waals surface area contributed by atoms with Crippen LogP contribution in [0.25, 0.3) is 0 Å². The highest BCUT2D eigenvalue weighted by atomic mass is 32.2. The minimum Gasteiger partial charge on any atom is -0.202 e. The molecule has 0 saturated carbocycles. The van der Waals surface area contributed by atoms with Crippen LogP contribution in [0.15, 0.2) is 0 Å². The van der Waals surface area contributed by atoms with Gasteiger partial charge in [-0.2, -0.15) is 12.7 Å².